The second kappa shape index (κ2) is 4.81. The Labute approximate surface area is 111 Å². The number of halogens is 1. The Morgan fingerprint density at radius 3 is 2.53 bits per heavy atom. The Morgan fingerprint density at radius 1 is 1.26 bits per heavy atom. The number of hydrogen-bond acceptors (Lipinski definition) is 3. The fraction of sp³-hybridized carbons (Fsp3) is 0.250. The van der Waals surface area contributed by atoms with Crippen LogP contribution in [0.15, 0.2) is 29.1 Å². The van der Waals surface area contributed by atoms with E-state index in [0.717, 1.165) is 6.26 Å². The van der Waals surface area contributed by atoms with Crippen molar-refractivity contribution in [2.45, 2.75) is 6.54 Å². The molecule has 2 aromatic rings. The summed E-state index contributed by atoms with van der Waals surface area (Å²) in [6.45, 7) is -0.0529. The van der Waals surface area contributed by atoms with Crippen LogP contribution in [0.3, 0.4) is 0 Å². The molecule has 0 aliphatic carbocycles. The minimum absolute atomic E-state index is 0.0529. The molecule has 19 heavy (non-hydrogen) atoms. The lowest BCUT2D eigenvalue weighted by atomic mass is 9.92. The molecule has 7 heteroatoms. The van der Waals surface area contributed by atoms with E-state index in [4.69, 9.17) is 7.85 Å². The smallest absolute Gasteiger partial charge is 0.251 e. The Morgan fingerprint density at radius 2 is 1.89 bits per heavy atom. The lowest BCUT2D eigenvalue weighted by Crippen LogP contribution is -2.27. The van der Waals surface area contributed by atoms with Gasteiger partial charge in [-0.1, -0.05) is 6.07 Å². The van der Waals surface area contributed by atoms with Crippen molar-refractivity contribution in [1.29, 1.82) is 0 Å². The summed E-state index contributed by atoms with van der Waals surface area (Å²) in [5, 5.41) is 0.590. The second-order valence-corrected chi connectivity index (χ2v) is 6.61. The summed E-state index contributed by atoms with van der Waals surface area (Å²) < 4.78 is 37.0. The molecule has 0 saturated carbocycles. The molecule has 1 aromatic carbocycles. The van der Waals surface area contributed by atoms with E-state index in [0.29, 0.717) is 5.39 Å². The van der Waals surface area contributed by atoms with E-state index in [2.05, 4.69) is 0 Å². The van der Waals surface area contributed by atoms with Crippen LogP contribution in [0.1, 0.15) is 0 Å². The average molecular weight is 279 g/mol. The Kier molecular flexibility index (Phi) is 3.49. The van der Waals surface area contributed by atoms with Crippen molar-refractivity contribution in [2.75, 3.05) is 12.0 Å². The molecule has 2 radical (unpaired) electrons. The first-order chi connectivity index (χ1) is 8.79. The van der Waals surface area contributed by atoms with E-state index >= 15 is 0 Å². The van der Waals surface area contributed by atoms with Gasteiger partial charge in [0.2, 0.25) is 0 Å². The molecule has 0 saturated heterocycles. The highest BCUT2D eigenvalue weighted by molar-refractivity contribution is 7.90. The Hall–Kier alpha value is -1.63. The molecular weight excluding hydrogens is 268 g/mol. The van der Waals surface area contributed by atoms with Gasteiger partial charge < -0.3 is 4.57 Å². The van der Waals surface area contributed by atoms with Crippen molar-refractivity contribution in [3.05, 3.63) is 40.4 Å². The summed E-state index contributed by atoms with van der Waals surface area (Å²) in [6, 6.07) is 5.55. The maximum absolute atomic E-state index is 13.5. The number of aromatic nitrogens is 1. The Balaban J connectivity index is 2.67. The van der Waals surface area contributed by atoms with Gasteiger partial charge >= 0.3 is 0 Å². The van der Waals surface area contributed by atoms with Gasteiger partial charge in [-0.25, -0.2) is 12.8 Å². The summed E-state index contributed by atoms with van der Waals surface area (Å²) in [4.78, 5) is 11.8. The molecule has 0 aliphatic rings. The summed E-state index contributed by atoms with van der Waals surface area (Å²) >= 11 is 0. The van der Waals surface area contributed by atoms with Crippen molar-refractivity contribution in [3.63, 3.8) is 0 Å². The number of hydrogen-bond donors (Lipinski definition) is 0. The molecule has 0 aliphatic heterocycles. The summed E-state index contributed by atoms with van der Waals surface area (Å²) in [7, 11) is 2.42. The molecule has 0 amide bonds. The molecular formula is C12H11BFNO3S. The fourth-order valence-electron chi connectivity index (χ4n) is 1.88. The molecule has 0 N–H and O–H groups in total. The lowest BCUT2D eigenvalue weighted by molar-refractivity contribution is 0.594. The third-order valence-electron chi connectivity index (χ3n) is 2.82. The third kappa shape index (κ3) is 2.86. The fourth-order valence-corrected chi connectivity index (χ4v) is 2.39. The van der Waals surface area contributed by atoms with Crippen molar-refractivity contribution >= 4 is 34.0 Å². The van der Waals surface area contributed by atoms with Gasteiger partial charge in [0.05, 0.1) is 5.75 Å². The van der Waals surface area contributed by atoms with Crippen LogP contribution in [0, 0.1) is 5.82 Å². The van der Waals surface area contributed by atoms with Gasteiger partial charge in [0.25, 0.3) is 5.56 Å². The molecule has 98 valence electrons. The zero-order chi connectivity index (χ0) is 14.2. The van der Waals surface area contributed by atoms with E-state index in [-0.39, 0.29) is 23.3 Å². The Bertz CT molecular complexity index is 798. The minimum Gasteiger partial charge on any atom is -0.308 e. The first-order valence-corrected chi connectivity index (χ1v) is 7.61. The van der Waals surface area contributed by atoms with Gasteiger partial charge in [-0.2, -0.15) is 0 Å². The van der Waals surface area contributed by atoms with Crippen molar-refractivity contribution in [3.8, 4) is 0 Å². The summed E-state index contributed by atoms with van der Waals surface area (Å²) in [5.74, 6) is -0.840. The van der Waals surface area contributed by atoms with Crippen LogP contribution >= 0.6 is 0 Å². The molecule has 0 fully saturated rings. The van der Waals surface area contributed by atoms with Crippen LogP contribution in [0.2, 0.25) is 0 Å². The van der Waals surface area contributed by atoms with E-state index in [1.54, 1.807) is 0 Å². The van der Waals surface area contributed by atoms with Gasteiger partial charge in [0, 0.05) is 24.4 Å². The lowest BCUT2D eigenvalue weighted by Gasteiger charge is -2.12. The van der Waals surface area contributed by atoms with Gasteiger partial charge in [-0.05, 0) is 23.0 Å². The molecule has 0 spiro atoms. The number of benzene rings is 1. The highest BCUT2D eigenvalue weighted by atomic mass is 32.2. The van der Waals surface area contributed by atoms with E-state index in [1.807, 2.05) is 0 Å². The van der Waals surface area contributed by atoms with E-state index in [9.17, 15) is 17.6 Å². The summed E-state index contributed by atoms with van der Waals surface area (Å²) in [6.07, 6.45) is 1.08. The van der Waals surface area contributed by atoms with E-state index < -0.39 is 21.2 Å². The number of fused-ring (bicyclic) bond motifs is 1. The first-order valence-electron chi connectivity index (χ1n) is 5.55. The molecule has 2 rings (SSSR count). The largest absolute Gasteiger partial charge is 0.308 e. The number of aryl methyl sites for hydroxylation is 1. The van der Waals surface area contributed by atoms with Crippen LogP contribution in [0.25, 0.3) is 10.9 Å². The topological polar surface area (TPSA) is 56.1 Å². The SMILES string of the molecule is [B]c1c(F)ccc2ccc(=O)n(CCS(C)(=O)=O)c12. The minimum atomic E-state index is -3.22. The molecule has 1 heterocycles. The van der Waals surface area contributed by atoms with Gasteiger partial charge in [0.1, 0.15) is 23.5 Å². The van der Waals surface area contributed by atoms with E-state index in [1.165, 1.54) is 28.8 Å². The van der Waals surface area contributed by atoms with Crippen molar-refractivity contribution in [2.24, 2.45) is 0 Å². The predicted molar refractivity (Wildman–Crippen MR) is 73.3 cm³/mol. The monoisotopic (exact) mass is 279 g/mol. The van der Waals surface area contributed by atoms with Crippen LogP contribution in [0.4, 0.5) is 4.39 Å². The molecule has 0 atom stereocenters. The molecule has 0 bridgehead atoms. The molecule has 4 nitrogen and oxygen atoms in total. The number of pyridine rings is 1. The van der Waals surface area contributed by atoms with Crippen LogP contribution < -0.4 is 11.0 Å². The van der Waals surface area contributed by atoms with Crippen LogP contribution in [-0.2, 0) is 16.4 Å². The predicted octanol–water partition coefficient (Wildman–Crippen LogP) is -0.0210. The van der Waals surface area contributed by atoms with Crippen LogP contribution in [0.5, 0.6) is 0 Å². The maximum atomic E-state index is 13.5. The second-order valence-electron chi connectivity index (χ2n) is 4.35. The molecule has 0 unspecified atom stereocenters. The highest BCUT2D eigenvalue weighted by Crippen LogP contribution is 2.11. The standard InChI is InChI=1S/C12H11BFNO3S/c1-19(17,18)7-6-15-10(16)5-3-8-2-4-9(14)11(13)12(8)15/h2-5H,6-7H2,1H3. The summed E-state index contributed by atoms with van der Waals surface area (Å²) in [5.41, 5.74) is -0.326. The average Bonchev–Trinajstić information content (AvgIpc) is 2.31. The number of sulfone groups is 1. The third-order valence-corrected chi connectivity index (χ3v) is 3.75. The maximum Gasteiger partial charge on any atom is 0.251 e. The van der Waals surface area contributed by atoms with Crippen molar-refractivity contribution < 1.29 is 12.8 Å². The zero-order valence-corrected chi connectivity index (χ0v) is 11.1. The van der Waals surface area contributed by atoms with Crippen molar-refractivity contribution in [1.82, 2.24) is 4.57 Å². The molecule has 1 aromatic heterocycles. The quantitative estimate of drug-likeness (QED) is 0.742. The van der Waals surface area contributed by atoms with Crippen LogP contribution in [-0.4, -0.2) is 32.8 Å². The first kappa shape index (κ1) is 13.8. The highest BCUT2D eigenvalue weighted by Gasteiger charge is 2.11. The van der Waals surface area contributed by atoms with Gasteiger partial charge in [-0.15, -0.1) is 0 Å². The number of nitrogens with zero attached hydrogens (tertiary/aromatic N) is 1. The normalized spacial score (nSPS) is 11.9. The van der Waals surface area contributed by atoms with Gasteiger partial charge in [0.15, 0.2) is 0 Å². The van der Waals surface area contributed by atoms with Gasteiger partial charge in [-0.3, -0.25) is 4.79 Å². The zero-order valence-electron chi connectivity index (χ0n) is 10.3. The number of rotatable bonds is 3.